The molecule has 2 aliphatic rings. The molecule has 0 unspecified atom stereocenters. The monoisotopic (exact) mass is 294 g/mol. The van der Waals surface area contributed by atoms with Crippen LogP contribution in [0, 0.1) is 12.8 Å². The van der Waals surface area contributed by atoms with E-state index in [1.165, 1.54) is 11.3 Å². The van der Waals surface area contributed by atoms with Crippen LogP contribution in [0.25, 0.3) is 0 Å². The van der Waals surface area contributed by atoms with Gasteiger partial charge in [-0.1, -0.05) is 0 Å². The Balaban J connectivity index is 1.53. The maximum absolute atomic E-state index is 12.1. The van der Waals surface area contributed by atoms with E-state index in [0.29, 0.717) is 19.6 Å². The summed E-state index contributed by atoms with van der Waals surface area (Å²) < 4.78 is 4.65. The van der Waals surface area contributed by atoms with E-state index in [1.54, 1.807) is 4.90 Å². The van der Waals surface area contributed by atoms with E-state index in [4.69, 9.17) is 0 Å². The number of carbonyl (C=O) groups excluding carboxylic acids is 3. The molecular formula is C13H14N2O4S. The number of rotatable bonds is 3. The van der Waals surface area contributed by atoms with Crippen molar-refractivity contribution >= 4 is 29.2 Å². The largest absolute Gasteiger partial charge is 0.439 e. The molecule has 106 valence electrons. The molecule has 3 amide bonds. The van der Waals surface area contributed by atoms with Crippen LogP contribution in [0.3, 0.4) is 0 Å². The maximum atomic E-state index is 12.1. The highest BCUT2D eigenvalue weighted by atomic mass is 32.1. The minimum Gasteiger partial charge on any atom is -0.439 e. The van der Waals surface area contributed by atoms with Gasteiger partial charge in [0.25, 0.3) is 11.8 Å². The first-order valence-corrected chi connectivity index (χ1v) is 7.24. The molecule has 20 heavy (non-hydrogen) atoms. The first-order valence-electron chi connectivity index (χ1n) is 6.36. The number of amides is 3. The number of carbonyl (C=O) groups is 3. The number of hydrogen-bond acceptors (Lipinski definition) is 5. The zero-order valence-corrected chi connectivity index (χ0v) is 11.8. The number of likely N-dealkylation sites (tertiary alicyclic amines) is 1. The van der Waals surface area contributed by atoms with Gasteiger partial charge in [0.15, 0.2) is 6.61 Å². The molecule has 6 nitrogen and oxygen atoms in total. The summed E-state index contributed by atoms with van der Waals surface area (Å²) in [7, 11) is 0. The van der Waals surface area contributed by atoms with Crippen molar-refractivity contribution in [2.24, 2.45) is 5.92 Å². The fourth-order valence-electron chi connectivity index (χ4n) is 2.37. The number of thiophene rings is 1. The van der Waals surface area contributed by atoms with Crippen molar-refractivity contribution < 1.29 is 19.1 Å². The van der Waals surface area contributed by atoms with Crippen LogP contribution in [0.15, 0.2) is 11.4 Å². The molecule has 0 N–H and O–H groups in total. The smallest absolute Gasteiger partial charge is 0.417 e. The Morgan fingerprint density at radius 2 is 2.20 bits per heavy atom. The Hall–Kier alpha value is -1.89. The van der Waals surface area contributed by atoms with Crippen LogP contribution in [0.2, 0.25) is 0 Å². The average Bonchev–Trinajstić information content (AvgIpc) is 2.92. The second-order valence-electron chi connectivity index (χ2n) is 5.12. The lowest BCUT2D eigenvalue weighted by atomic mass is 9.99. The van der Waals surface area contributed by atoms with Gasteiger partial charge in [0, 0.05) is 25.6 Å². The first-order chi connectivity index (χ1) is 9.54. The normalized spacial score (nSPS) is 19.2. The van der Waals surface area contributed by atoms with Crippen LogP contribution in [0.5, 0.6) is 0 Å². The molecule has 0 spiro atoms. The number of imide groups is 1. The van der Waals surface area contributed by atoms with E-state index in [0.717, 1.165) is 15.3 Å². The highest BCUT2D eigenvalue weighted by Crippen LogP contribution is 2.24. The molecule has 1 aromatic rings. The minimum absolute atomic E-state index is 0.0228. The van der Waals surface area contributed by atoms with Crippen LogP contribution >= 0.6 is 11.3 Å². The summed E-state index contributed by atoms with van der Waals surface area (Å²) in [6, 6.07) is 1.88. The molecule has 1 aromatic heterocycles. The lowest BCUT2D eigenvalue weighted by Crippen LogP contribution is -2.54. The molecule has 7 heteroatoms. The van der Waals surface area contributed by atoms with Gasteiger partial charge in [-0.05, 0) is 23.9 Å². The third-order valence-electron chi connectivity index (χ3n) is 3.47. The van der Waals surface area contributed by atoms with Gasteiger partial charge in [-0.2, -0.15) is 0 Å². The van der Waals surface area contributed by atoms with Crippen molar-refractivity contribution in [2.75, 3.05) is 26.2 Å². The minimum atomic E-state index is -0.575. The van der Waals surface area contributed by atoms with Gasteiger partial charge in [-0.25, -0.2) is 9.69 Å². The van der Waals surface area contributed by atoms with Crippen molar-refractivity contribution in [1.29, 1.82) is 0 Å². The fraction of sp³-hybridized carbons (Fsp3) is 0.462. The van der Waals surface area contributed by atoms with Gasteiger partial charge in [0.05, 0.1) is 4.88 Å². The van der Waals surface area contributed by atoms with E-state index in [9.17, 15) is 14.4 Å². The number of nitrogens with zero attached hydrogens (tertiary/aromatic N) is 2. The van der Waals surface area contributed by atoms with Crippen LogP contribution in [-0.2, 0) is 9.53 Å². The predicted molar refractivity (Wildman–Crippen MR) is 71.5 cm³/mol. The fourth-order valence-corrected chi connectivity index (χ4v) is 3.23. The lowest BCUT2D eigenvalue weighted by Gasteiger charge is -2.39. The second kappa shape index (κ2) is 4.90. The van der Waals surface area contributed by atoms with Gasteiger partial charge >= 0.3 is 6.09 Å². The molecule has 0 atom stereocenters. The summed E-state index contributed by atoms with van der Waals surface area (Å²) in [6.07, 6.45) is -0.575. The number of aryl methyl sites for hydroxylation is 1. The number of cyclic esters (lactones) is 1. The Morgan fingerprint density at radius 3 is 2.75 bits per heavy atom. The molecule has 0 saturated carbocycles. The van der Waals surface area contributed by atoms with Crippen molar-refractivity contribution in [3.63, 3.8) is 0 Å². The van der Waals surface area contributed by atoms with Crippen LogP contribution in [-0.4, -0.2) is 53.9 Å². The summed E-state index contributed by atoms with van der Waals surface area (Å²) >= 11 is 1.44. The maximum Gasteiger partial charge on any atom is 0.417 e. The van der Waals surface area contributed by atoms with Crippen LogP contribution in [0.1, 0.15) is 15.2 Å². The lowest BCUT2D eigenvalue weighted by molar-refractivity contribution is -0.126. The molecule has 0 bridgehead atoms. The highest BCUT2D eigenvalue weighted by molar-refractivity contribution is 7.12. The van der Waals surface area contributed by atoms with Gasteiger partial charge < -0.3 is 9.64 Å². The summed E-state index contributed by atoms with van der Waals surface area (Å²) in [6.45, 7) is 3.28. The zero-order chi connectivity index (χ0) is 14.3. The Bertz CT molecular complexity index is 561. The molecular weight excluding hydrogens is 280 g/mol. The van der Waals surface area contributed by atoms with Crippen LogP contribution < -0.4 is 0 Å². The summed E-state index contributed by atoms with van der Waals surface area (Å²) in [5.41, 5.74) is 1.08. The summed E-state index contributed by atoms with van der Waals surface area (Å²) in [5.74, 6) is -0.127. The third kappa shape index (κ3) is 2.29. The number of hydrogen-bond donors (Lipinski definition) is 0. The molecule has 0 aromatic carbocycles. The molecule has 0 aliphatic carbocycles. The predicted octanol–water partition coefficient (Wildman–Crippen LogP) is 1.11. The van der Waals surface area contributed by atoms with E-state index in [2.05, 4.69) is 4.74 Å². The van der Waals surface area contributed by atoms with Gasteiger partial charge in [0.2, 0.25) is 0 Å². The number of ether oxygens (including phenoxy) is 1. The molecule has 3 heterocycles. The van der Waals surface area contributed by atoms with E-state index >= 15 is 0 Å². The average molecular weight is 294 g/mol. The molecule has 2 fully saturated rings. The standard InChI is InChI=1S/C13H14N2O4S/c1-8-2-10(20-7-8)12(17)14-3-9(4-14)5-15-11(16)6-19-13(15)18/h2,7,9H,3-6H2,1H3. The highest BCUT2D eigenvalue weighted by Gasteiger charge is 2.38. The Kier molecular flexibility index (Phi) is 3.21. The Labute approximate surface area is 119 Å². The molecule has 2 aliphatic heterocycles. The van der Waals surface area contributed by atoms with Gasteiger partial charge in [-0.15, -0.1) is 11.3 Å². The quantitative estimate of drug-likeness (QED) is 0.837. The zero-order valence-electron chi connectivity index (χ0n) is 11.0. The SMILES string of the molecule is Cc1csc(C(=O)N2CC(CN3C(=O)COC3=O)C2)c1. The molecule has 0 radical (unpaired) electrons. The first kappa shape index (κ1) is 13.1. The van der Waals surface area contributed by atoms with Crippen molar-refractivity contribution in [1.82, 2.24) is 9.80 Å². The Morgan fingerprint density at radius 1 is 1.45 bits per heavy atom. The van der Waals surface area contributed by atoms with Gasteiger partial charge in [0.1, 0.15) is 0 Å². The topological polar surface area (TPSA) is 66.9 Å². The van der Waals surface area contributed by atoms with Gasteiger partial charge in [-0.3, -0.25) is 9.59 Å². The van der Waals surface area contributed by atoms with Crippen molar-refractivity contribution in [2.45, 2.75) is 6.92 Å². The van der Waals surface area contributed by atoms with E-state index < -0.39 is 6.09 Å². The molecule has 3 rings (SSSR count). The third-order valence-corrected chi connectivity index (χ3v) is 4.50. The van der Waals surface area contributed by atoms with E-state index in [-0.39, 0.29) is 24.3 Å². The van der Waals surface area contributed by atoms with E-state index in [1.807, 2.05) is 18.4 Å². The summed E-state index contributed by atoms with van der Waals surface area (Å²) in [4.78, 5) is 38.4. The van der Waals surface area contributed by atoms with Crippen molar-refractivity contribution in [3.8, 4) is 0 Å². The van der Waals surface area contributed by atoms with Crippen molar-refractivity contribution in [3.05, 3.63) is 21.9 Å². The summed E-state index contributed by atoms with van der Waals surface area (Å²) in [5, 5.41) is 1.95. The van der Waals surface area contributed by atoms with Crippen LogP contribution in [0.4, 0.5) is 4.79 Å². The second-order valence-corrected chi connectivity index (χ2v) is 6.03. The molecule has 2 saturated heterocycles.